The highest BCUT2D eigenvalue weighted by molar-refractivity contribution is 5.94. The number of esters is 1. The lowest BCUT2D eigenvalue weighted by atomic mass is 10.00. The van der Waals surface area contributed by atoms with E-state index in [1.807, 2.05) is 24.3 Å². The standard InChI is InChI=1S/C23H26N4O2/c1-2-29-23(28)22-25-20-11-6-5-10-19(20)21(26-22)24-13-7-14-27-15-12-17-8-3-4-9-18(17)16-27/h3-6,8-11H,2,7,12-16H2,1H3,(H,24,25,26). The number of carbonyl (C=O) groups excluding carboxylic acids is 1. The topological polar surface area (TPSA) is 67.3 Å². The molecule has 6 nitrogen and oxygen atoms in total. The molecule has 1 aliphatic rings. The van der Waals surface area contributed by atoms with Gasteiger partial charge in [0.1, 0.15) is 5.82 Å². The van der Waals surface area contributed by atoms with Crippen LogP contribution >= 0.6 is 0 Å². The van der Waals surface area contributed by atoms with Crippen molar-refractivity contribution in [1.82, 2.24) is 14.9 Å². The van der Waals surface area contributed by atoms with Crippen molar-refractivity contribution >= 4 is 22.7 Å². The number of fused-ring (bicyclic) bond motifs is 2. The number of ether oxygens (including phenoxy) is 1. The fourth-order valence-corrected chi connectivity index (χ4v) is 3.75. The van der Waals surface area contributed by atoms with E-state index in [9.17, 15) is 4.79 Å². The molecular formula is C23H26N4O2. The van der Waals surface area contributed by atoms with E-state index in [1.165, 1.54) is 11.1 Å². The first-order chi connectivity index (χ1) is 14.2. The largest absolute Gasteiger partial charge is 0.460 e. The number of hydrogen-bond donors (Lipinski definition) is 1. The summed E-state index contributed by atoms with van der Waals surface area (Å²) in [5, 5.41) is 4.31. The molecule has 0 atom stereocenters. The quantitative estimate of drug-likeness (QED) is 0.490. The molecule has 0 saturated heterocycles. The summed E-state index contributed by atoms with van der Waals surface area (Å²) in [6.07, 6.45) is 2.11. The molecule has 1 aromatic heterocycles. The molecule has 4 rings (SSSR count). The number of nitrogens with zero attached hydrogens (tertiary/aromatic N) is 3. The van der Waals surface area contributed by atoms with E-state index < -0.39 is 5.97 Å². The van der Waals surface area contributed by atoms with Gasteiger partial charge in [-0.15, -0.1) is 0 Å². The molecule has 0 radical (unpaired) electrons. The number of hydrogen-bond acceptors (Lipinski definition) is 6. The van der Waals surface area contributed by atoms with Crippen LogP contribution in [-0.4, -0.2) is 47.1 Å². The molecule has 0 spiro atoms. The van der Waals surface area contributed by atoms with Gasteiger partial charge in [0.15, 0.2) is 0 Å². The maximum Gasteiger partial charge on any atom is 0.376 e. The van der Waals surface area contributed by atoms with E-state index in [0.717, 1.165) is 49.9 Å². The Kier molecular flexibility index (Phi) is 6.00. The number of carbonyl (C=O) groups is 1. The van der Waals surface area contributed by atoms with Crippen LogP contribution in [0.4, 0.5) is 5.82 Å². The van der Waals surface area contributed by atoms with E-state index in [0.29, 0.717) is 12.4 Å². The zero-order chi connectivity index (χ0) is 20.1. The maximum absolute atomic E-state index is 12.1. The van der Waals surface area contributed by atoms with Crippen molar-refractivity contribution in [2.24, 2.45) is 0 Å². The summed E-state index contributed by atoms with van der Waals surface area (Å²) >= 11 is 0. The SMILES string of the molecule is CCOC(=O)c1nc(NCCCN2CCc3ccccc3C2)c2ccccc2n1. The summed E-state index contributed by atoms with van der Waals surface area (Å²) in [5.74, 6) is 0.289. The van der Waals surface area contributed by atoms with E-state index in [2.05, 4.69) is 44.5 Å². The van der Waals surface area contributed by atoms with Crippen molar-refractivity contribution in [2.75, 3.05) is 31.6 Å². The van der Waals surface area contributed by atoms with E-state index >= 15 is 0 Å². The van der Waals surface area contributed by atoms with Crippen molar-refractivity contribution in [3.05, 3.63) is 65.5 Å². The monoisotopic (exact) mass is 390 g/mol. The lowest BCUT2D eigenvalue weighted by Crippen LogP contribution is -2.32. The van der Waals surface area contributed by atoms with E-state index in [1.54, 1.807) is 6.92 Å². The Labute approximate surface area is 170 Å². The molecule has 150 valence electrons. The zero-order valence-electron chi connectivity index (χ0n) is 16.7. The number of rotatable bonds is 7. The molecule has 0 bridgehead atoms. The van der Waals surface area contributed by atoms with Crippen LogP contribution < -0.4 is 5.32 Å². The summed E-state index contributed by atoms with van der Waals surface area (Å²) in [6, 6.07) is 16.4. The molecular weight excluding hydrogens is 364 g/mol. The first kappa shape index (κ1) is 19.3. The molecule has 1 N–H and O–H groups in total. The zero-order valence-corrected chi connectivity index (χ0v) is 16.7. The molecule has 6 heteroatoms. The molecule has 29 heavy (non-hydrogen) atoms. The van der Waals surface area contributed by atoms with Crippen LogP contribution in [0.5, 0.6) is 0 Å². The van der Waals surface area contributed by atoms with Gasteiger partial charge < -0.3 is 10.1 Å². The molecule has 0 aliphatic carbocycles. The van der Waals surface area contributed by atoms with Crippen molar-refractivity contribution in [3.8, 4) is 0 Å². The number of aromatic nitrogens is 2. The fraction of sp³-hybridized carbons (Fsp3) is 0.348. The average Bonchev–Trinajstić information content (AvgIpc) is 2.76. The predicted octanol–water partition coefficient (Wildman–Crippen LogP) is 3.67. The van der Waals surface area contributed by atoms with Gasteiger partial charge in [0.05, 0.1) is 12.1 Å². The van der Waals surface area contributed by atoms with Crippen LogP contribution in [0.2, 0.25) is 0 Å². The van der Waals surface area contributed by atoms with Gasteiger partial charge in [-0.05, 0) is 43.0 Å². The van der Waals surface area contributed by atoms with Crippen molar-refractivity contribution in [3.63, 3.8) is 0 Å². The molecule has 1 aliphatic heterocycles. The van der Waals surface area contributed by atoms with Gasteiger partial charge in [-0.2, -0.15) is 0 Å². The molecule has 2 heterocycles. The van der Waals surface area contributed by atoms with Gasteiger partial charge in [0.2, 0.25) is 5.82 Å². The van der Waals surface area contributed by atoms with Crippen molar-refractivity contribution in [2.45, 2.75) is 26.3 Å². The summed E-state index contributed by atoms with van der Waals surface area (Å²) in [7, 11) is 0. The van der Waals surface area contributed by atoms with Gasteiger partial charge in [-0.25, -0.2) is 14.8 Å². The third kappa shape index (κ3) is 4.54. The molecule has 0 unspecified atom stereocenters. The van der Waals surface area contributed by atoms with Crippen LogP contribution in [-0.2, 0) is 17.7 Å². The summed E-state index contributed by atoms with van der Waals surface area (Å²) in [4.78, 5) is 23.4. The number of benzene rings is 2. The average molecular weight is 390 g/mol. The Morgan fingerprint density at radius 1 is 1.10 bits per heavy atom. The predicted molar refractivity (Wildman–Crippen MR) is 114 cm³/mol. The minimum absolute atomic E-state index is 0.0979. The second-order valence-corrected chi connectivity index (χ2v) is 7.21. The summed E-state index contributed by atoms with van der Waals surface area (Å²) in [6.45, 7) is 5.99. The lowest BCUT2D eigenvalue weighted by molar-refractivity contribution is 0.0512. The van der Waals surface area contributed by atoms with Gasteiger partial charge in [-0.1, -0.05) is 36.4 Å². The third-order valence-electron chi connectivity index (χ3n) is 5.21. The van der Waals surface area contributed by atoms with E-state index in [-0.39, 0.29) is 5.82 Å². The first-order valence-electron chi connectivity index (χ1n) is 10.2. The maximum atomic E-state index is 12.1. The highest BCUT2D eigenvalue weighted by Crippen LogP contribution is 2.21. The van der Waals surface area contributed by atoms with Gasteiger partial charge in [-0.3, -0.25) is 4.90 Å². The summed E-state index contributed by atoms with van der Waals surface area (Å²) < 4.78 is 5.07. The van der Waals surface area contributed by atoms with Crippen molar-refractivity contribution < 1.29 is 9.53 Å². The highest BCUT2D eigenvalue weighted by Gasteiger charge is 2.16. The Morgan fingerprint density at radius 2 is 1.90 bits per heavy atom. The van der Waals surface area contributed by atoms with Crippen LogP contribution in [0.15, 0.2) is 48.5 Å². The van der Waals surface area contributed by atoms with Crippen LogP contribution in [0, 0.1) is 0 Å². The van der Waals surface area contributed by atoms with Crippen LogP contribution in [0.25, 0.3) is 10.9 Å². The first-order valence-corrected chi connectivity index (χ1v) is 10.2. The van der Waals surface area contributed by atoms with Crippen LogP contribution in [0.1, 0.15) is 35.1 Å². The molecule has 3 aromatic rings. The summed E-state index contributed by atoms with van der Waals surface area (Å²) in [5.41, 5.74) is 3.65. The second kappa shape index (κ2) is 9.01. The van der Waals surface area contributed by atoms with Crippen molar-refractivity contribution in [1.29, 1.82) is 0 Å². The Balaban J connectivity index is 1.39. The molecule has 0 fully saturated rings. The molecule has 0 saturated carbocycles. The fourth-order valence-electron chi connectivity index (χ4n) is 3.75. The van der Waals surface area contributed by atoms with E-state index in [4.69, 9.17) is 4.74 Å². The number of nitrogens with one attached hydrogen (secondary N) is 1. The molecule has 2 aromatic carbocycles. The lowest BCUT2D eigenvalue weighted by Gasteiger charge is -2.28. The second-order valence-electron chi connectivity index (χ2n) is 7.21. The third-order valence-corrected chi connectivity index (χ3v) is 5.21. The minimum Gasteiger partial charge on any atom is -0.460 e. The van der Waals surface area contributed by atoms with Crippen LogP contribution in [0.3, 0.4) is 0 Å². The minimum atomic E-state index is -0.492. The number of anilines is 1. The Bertz CT molecular complexity index is 1010. The smallest absolute Gasteiger partial charge is 0.376 e. The molecule has 0 amide bonds. The number of para-hydroxylation sites is 1. The Hall–Kier alpha value is -2.99. The Morgan fingerprint density at radius 3 is 2.76 bits per heavy atom. The van der Waals surface area contributed by atoms with Gasteiger partial charge in [0.25, 0.3) is 0 Å². The van der Waals surface area contributed by atoms with Gasteiger partial charge in [0, 0.05) is 31.6 Å². The highest BCUT2D eigenvalue weighted by atomic mass is 16.5. The van der Waals surface area contributed by atoms with Gasteiger partial charge >= 0.3 is 5.97 Å². The normalized spacial score (nSPS) is 13.8.